The number of halogens is 1. The average Bonchev–Trinajstić information content (AvgIpc) is 3.20. The summed E-state index contributed by atoms with van der Waals surface area (Å²) in [7, 11) is 3.18. The molecular weight excluding hydrogens is 555 g/mol. The van der Waals surface area contributed by atoms with Gasteiger partial charge in [0, 0.05) is 30.4 Å². The Balaban J connectivity index is 1.34. The van der Waals surface area contributed by atoms with E-state index < -0.39 is 22.9 Å². The highest BCUT2D eigenvalue weighted by atomic mass is 19.1. The molecule has 0 aliphatic rings. The second kappa shape index (κ2) is 11.6. The van der Waals surface area contributed by atoms with Gasteiger partial charge in [-0.1, -0.05) is 0 Å². The smallest absolute Gasteiger partial charge is 0.284 e. The Labute approximate surface area is 246 Å². The van der Waals surface area contributed by atoms with Crippen molar-refractivity contribution in [2.24, 2.45) is 7.05 Å². The van der Waals surface area contributed by atoms with Crippen LogP contribution in [0.25, 0.3) is 16.6 Å². The minimum absolute atomic E-state index is 0.0183. The van der Waals surface area contributed by atoms with Crippen molar-refractivity contribution < 1.29 is 28.5 Å². The number of benzene rings is 3. The van der Waals surface area contributed by atoms with E-state index in [9.17, 15) is 19.1 Å². The number of hydrogen-bond donors (Lipinski definition) is 2. The number of aromatic nitrogens is 3. The second-order valence-corrected chi connectivity index (χ2v) is 10.6. The van der Waals surface area contributed by atoms with Crippen molar-refractivity contribution in [2.45, 2.75) is 26.4 Å². The van der Waals surface area contributed by atoms with Crippen LogP contribution in [0.5, 0.6) is 23.0 Å². The van der Waals surface area contributed by atoms with E-state index in [4.69, 9.17) is 14.2 Å². The van der Waals surface area contributed by atoms with Crippen LogP contribution in [0.3, 0.4) is 0 Å². The van der Waals surface area contributed by atoms with E-state index in [1.54, 1.807) is 81.2 Å². The molecule has 10 nitrogen and oxygen atoms in total. The number of rotatable bonds is 9. The van der Waals surface area contributed by atoms with Gasteiger partial charge in [-0.3, -0.25) is 19.3 Å². The highest BCUT2D eigenvalue weighted by Gasteiger charge is 2.23. The Kier molecular flexibility index (Phi) is 7.92. The Morgan fingerprint density at radius 2 is 1.72 bits per heavy atom. The first-order chi connectivity index (χ1) is 20.4. The molecule has 0 aliphatic heterocycles. The summed E-state index contributed by atoms with van der Waals surface area (Å²) in [6.07, 6.45) is 1.61. The van der Waals surface area contributed by atoms with E-state index in [1.165, 1.54) is 36.1 Å². The van der Waals surface area contributed by atoms with Gasteiger partial charge in [0.05, 0.1) is 29.6 Å². The molecule has 11 heteroatoms. The summed E-state index contributed by atoms with van der Waals surface area (Å²) in [6.45, 7) is 5.04. The van der Waals surface area contributed by atoms with Crippen LogP contribution in [0.2, 0.25) is 0 Å². The number of nitrogens with one attached hydrogen (secondary N) is 1. The molecule has 1 amide bonds. The maximum Gasteiger partial charge on any atom is 0.284 e. The number of hydrogen-bond acceptors (Lipinski definition) is 7. The van der Waals surface area contributed by atoms with E-state index >= 15 is 0 Å². The second-order valence-electron chi connectivity index (χ2n) is 10.6. The van der Waals surface area contributed by atoms with Crippen LogP contribution in [0, 0.1) is 12.7 Å². The Hall–Kier alpha value is -5.16. The fraction of sp³-hybridized carbons (Fsp3) is 0.219. The molecule has 43 heavy (non-hydrogen) atoms. The lowest BCUT2D eigenvalue weighted by molar-refractivity contribution is 0.0276. The zero-order valence-corrected chi connectivity index (χ0v) is 24.3. The molecule has 5 rings (SSSR count). The van der Waals surface area contributed by atoms with Crippen molar-refractivity contribution in [3.8, 4) is 28.7 Å². The van der Waals surface area contributed by atoms with Gasteiger partial charge in [-0.15, -0.1) is 0 Å². The Morgan fingerprint density at radius 3 is 2.37 bits per heavy atom. The largest absolute Gasteiger partial charge is 0.493 e. The molecule has 0 bridgehead atoms. The molecule has 0 atom stereocenters. The lowest BCUT2D eigenvalue weighted by atomic mass is 10.1. The zero-order chi connectivity index (χ0) is 30.9. The van der Waals surface area contributed by atoms with E-state index in [0.717, 1.165) is 0 Å². The Bertz CT molecular complexity index is 1860. The van der Waals surface area contributed by atoms with Crippen LogP contribution in [-0.2, 0) is 7.05 Å². The minimum Gasteiger partial charge on any atom is -0.493 e. The predicted octanol–water partition coefficient (Wildman–Crippen LogP) is 5.37. The van der Waals surface area contributed by atoms with Crippen molar-refractivity contribution in [1.29, 1.82) is 0 Å². The summed E-state index contributed by atoms with van der Waals surface area (Å²) in [6, 6.07) is 17.4. The van der Waals surface area contributed by atoms with Crippen molar-refractivity contribution in [2.75, 3.05) is 19.0 Å². The number of carbonyl (C=O) groups excluding carboxylic acids is 1. The number of fused-ring (bicyclic) bond motifs is 1. The quantitative estimate of drug-likeness (QED) is 0.238. The Morgan fingerprint density at radius 1 is 1.02 bits per heavy atom. The number of amides is 1. The van der Waals surface area contributed by atoms with Crippen LogP contribution in [0.1, 0.15) is 29.9 Å². The number of aliphatic hydroxyl groups is 1. The number of carbonyl (C=O) groups is 1. The monoisotopic (exact) mass is 586 g/mol. The predicted molar refractivity (Wildman–Crippen MR) is 160 cm³/mol. The first-order valence-electron chi connectivity index (χ1n) is 13.4. The first-order valence-corrected chi connectivity index (χ1v) is 13.4. The van der Waals surface area contributed by atoms with Crippen molar-refractivity contribution in [3.63, 3.8) is 0 Å². The van der Waals surface area contributed by atoms with E-state index in [-0.39, 0.29) is 12.2 Å². The maximum absolute atomic E-state index is 13.4. The highest BCUT2D eigenvalue weighted by Crippen LogP contribution is 2.37. The van der Waals surface area contributed by atoms with Gasteiger partial charge in [0.25, 0.3) is 11.5 Å². The van der Waals surface area contributed by atoms with Crippen molar-refractivity contribution in [1.82, 2.24) is 14.3 Å². The topological polar surface area (TPSA) is 117 Å². The van der Waals surface area contributed by atoms with Crippen molar-refractivity contribution >= 4 is 22.5 Å². The van der Waals surface area contributed by atoms with Crippen LogP contribution in [-0.4, -0.2) is 44.7 Å². The lowest BCUT2D eigenvalue weighted by Crippen LogP contribution is -2.27. The van der Waals surface area contributed by atoms with Crippen LogP contribution < -0.4 is 25.1 Å². The third kappa shape index (κ3) is 6.21. The SMILES string of the molecule is COc1cc2c(Oc3ccc(NC(=O)c4c(C)n(C)n(-c5ccc(F)cc5)c4=O)cc3)ccnc2cc1OCC(C)(C)O. The molecule has 222 valence electrons. The molecule has 0 aliphatic carbocycles. The van der Waals surface area contributed by atoms with Gasteiger partial charge in [-0.2, -0.15) is 0 Å². The summed E-state index contributed by atoms with van der Waals surface area (Å²) < 4.78 is 33.7. The standard InChI is InChI=1S/C32H31FN4O6/c1-19-29(31(39)37(36(19)4)22-10-6-20(33)7-11-22)30(38)35-21-8-12-23(13-9-21)43-26-14-15-34-25-17-28(42-18-32(2,3)40)27(41-5)16-24(25)26/h6-17,40H,18H2,1-5H3,(H,35,38). The lowest BCUT2D eigenvalue weighted by Gasteiger charge is -2.19. The third-order valence-electron chi connectivity index (χ3n) is 6.76. The van der Waals surface area contributed by atoms with Crippen LogP contribution >= 0.6 is 0 Å². The minimum atomic E-state index is -1.02. The molecule has 3 aromatic carbocycles. The molecule has 0 radical (unpaired) electrons. The average molecular weight is 587 g/mol. The molecule has 0 saturated carbocycles. The van der Waals surface area contributed by atoms with Gasteiger partial charge in [0.1, 0.15) is 29.5 Å². The number of anilines is 1. The zero-order valence-electron chi connectivity index (χ0n) is 24.3. The molecule has 0 spiro atoms. The van der Waals surface area contributed by atoms with Gasteiger partial charge < -0.3 is 24.6 Å². The first kappa shape index (κ1) is 29.3. The molecule has 2 aromatic heterocycles. The normalized spacial score (nSPS) is 11.4. The molecular formula is C32H31FN4O6. The van der Waals surface area contributed by atoms with E-state index in [0.29, 0.717) is 51.0 Å². The summed E-state index contributed by atoms with van der Waals surface area (Å²) in [4.78, 5) is 30.7. The third-order valence-corrected chi connectivity index (χ3v) is 6.76. The summed E-state index contributed by atoms with van der Waals surface area (Å²) >= 11 is 0. The number of ether oxygens (including phenoxy) is 3. The van der Waals surface area contributed by atoms with Gasteiger partial charge in [-0.25, -0.2) is 9.07 Å². The van der Waals surface area contributed by atoms with E-state index in [2.05, 4.69) is 10.3 Å². The number of methoxy groups -OCH3 is 1. The van der Waals surface area contributed by atoms with Gasteiger partial charge >= 0.3 is 0 Å². The summed E-state index contributed by atoms with van der Waals surface area (Å²) in [5.74, 6) is 0.939. The fourth-order valence-corrected chi connectivity index (χ4v) is 4.51. The number of nitrogens with zero attached hydrogens (tertiary/aromatic N) is 3. The van der Waals surface area contributed by atoms with Crippen molar-refractivity contribution in [3.05, 3.63) is 100 Å². The number of pyridine rings is 1. The molecule has 2 N–H and O–H groups in total. The molecule has 0 saturated heterocycles. The fourth-order valence-electron chi connectivity index (χ4n) is 4.51. The van der Waals surface area contributed by atoms with Crippen LogP contribution in [0.15, 0.2) is 77.7 Å². The van der Waals surface area contributed by atoms with Gasteiger partial charge in [-0.05, 0) is 81.4 Å². The van der Waals surface area contributed by atoms with Gasteiger partial charge in [0.2, 0.25) is 0 Å². The molecule has 0 unspecified atom stereocenters. The molecule has 5 aromatic rings. The van der Waals surface area contributed by atoms with E-state index in [1.807, 2.05) is 0 Å². The highest BCUT2D eigenvalue weighted by molar-refractivity contribution is 6.05. The van der Waals surface area contributed by atoms with Gasteiger partial charge in [0.15, 0.2) is 11.5 Å². The maximum atomic E-state index is 13.4. The summed E-state index contributed by atoms with van der Waals surface area (Å²) in [5, 5.41) is 13.5. The molecule has 2 heterocycles. The molecule has 0 fully saturated rings. The van der Waals surface area contributed by atoms with Crippen LogP contribution in [0.4, 0.5) is 10.1 Å². The summed E-state index contributed by atoms with van der Waals surface area (Å²) in [5.41, 5.74) is 0.415.